The van der Waals surface area contributed by atoms with Crippen LogP contribution >= 0.6 is 23.5 Å². The summed E-state index contributed by atoms with van der Waals surface area (Å²) in [5.74, 6) is 1.35. The van der Waals surface area contributed by atoms with Crippen molar-refractivity contribution >= 4 is 35.2 Å². The minimum atomic E-state index is 0.0459. The highest BCUT2D eigenvalue weighted by atomic mass is 32.2. The number of hydrogen-bond acceptors (Lipinski definition) is 5. The number of nitrogens with zero attached hydrogens (tertiary/aromatic N) is 1. The van der Waals surface area contributed by atoms with E-state index in [0.717, 1.165) is 36.6 Å². The van der Waals surface area contributed by atoms with Crippen LogP contribution in [0.5, 0.6) is 0 Å². The van der Waals surface area contributed by atoms with E-state index in [1.165, 1.54) is 32.1 Å². The minimum Gasteiger partial charge on any atom is -0.336 e. The predicted octanol–water partition coefficient (Wildman–Crippen LogP) is 6.98. The first kappa shape index (κ1) is 30.7. The smallest absolute Gasteiger partial charge is 0.219 e. The molecule has 0 bridgehead atoms. The molecule has 0 aliphatic heterocycles. The van der Waals surface area contributed by atoms with Crippen molar-refractivity contribution in [1.29, 1.82) is 0 Å². The second-order valence-corrected chi connectivity index (χ2v) is 12.1. The number of ketones is 1. The van der Waals surface area contributed by atoms with E-state index in [1.807, 2.05) is 24.2 Å². The van der Waals surface area contributed by atoms with Crippen molar-refractivity contribution in [1.82, 2.24) is 10.2 Å². The number of carbonyl (C=O) groups excluding carboxylic acids is 2. The van der Waals surface area contributed by atoms with Crippen molar-refractivity contribution in [3.8, 4) is 12.5 Å². The van der Waals surface area contributed by atoms with Gasteiger partial charge in [-0.25, -0.2) is 0 Å². The zero-order valence-corrected chi connectivity index (χ0v) is 23.7. The molecule has 1 unspecified atom stereocenters. The molecule has 1 N–H and O–H groups in total. The Labute approximate surface area is 217 Å². The molecular weight excluding hydrogens is 460 g/mol. The molecule has 0 aromatic carbocycles. The molecule has 0 aromatic heterocycles. The number of Topliss-reactive ketones (excluding diaryl/α,β-unsaturated/α-hetero) is 1. The second-order valence-electron chi connectivity index (χ2n) is 9.76. The molecule has 4 nitrogen and oxygen atoms in total. The SMILES string of the molecule is C#CN/C(=C\SCSCCN(C(C)=O)C(/C=C/CCC1(CC)CCC1)CCC)C(=O)CC(C)C. The average Bonchev–Trinajstić information content (AvgIpc) is 2.75. The lowest BCUT2D eigenvalue weighted by Gasteiger charge is -2.41. The molecule has 192 valence electrons. The van der Waals surface area contributed by atoms with Crippen LogP contribution in [0.15, 0.2) is 23.3 Å². The lowest BCUT2D eigenvalue weighted by molar-refractivity contribution is -0.130. The molecule has 0 heterocycles. The first-order valence-electron chi connectivity index (χ1n) is 12.9. The van der Waals surface area contributed by atoms with Crippen molar-refractivity contribution < 1.29 is 9.59 Å². The molecular formula is C28H46N2O2S2. The van der Waals surface area contributed by atoms with Crippen LogP contribution < -0.4 is 5.32 Å². The third-order valence-corrected chi connectivity index (χ3v) is 8.77. The van der Waals surface area contributed by atoms with Gasteiger partial charge in [-0.1, -0.05) is 65.5 Å². The number of carbonyl (C=O) groups is 2. The van der Waals surface area contributed by atoms with Crippen molar-refractivity contribution in [3.05, 3.63) is 23.3 Å². The van der Waals surface area contributed by atoms with Gasteiger partial charge < -0.3 is 10.2 Å². The van der Waals surface area contributed by atoms with Crippen LogP contribution in [0.2, 0.25) is 0 Å². The zero-order chi connectivity index (χ0) is 25.4. The fourth-order valence-electron chi connectivity index (χ4n) is 4.42. The van der Waals surface area contributed by atoms with E-state index in [1.54, 1.807) is 30.4 Å². The van der Waals surface area contributed by atoms with Gasteiger partial charge in [0.1, 0.15) is 0 Å². The summed E-state index contributed by atoms with van der Waals surface area (Å²) < 4.78 is 0. The van der Waals surface area contributed by atoms with Gasteiger partial charge in [0.25, 0.3) is 0 Å². The third kappa shape index (κ3) is 11.4. The largest absolute Gasteiger partial charge is 0.336 e. The van der Waals surface area contributed by atoms with Crippen LogP contribution in [0, 0.1) is 23.8 Å². The summed E-state index contributed by atoms with van der Waals surface area (Å²) in [7, 11) is 0. The standard InChI is InChI=1S/C28H46N2O2S2/c1-7-13-25(14-10-11-15-28(8-2)16-12-17-28)30(24(6)31)18-19-33-22-34-21-26(29-9-3)27(32)20-23(4)5/h3,10,14,21,23,25,29H,7-8,11-13,15-20,22H2,1-2,4-6H3/b14-10+,26-21-. The van der Waals surface area contributed by atoms with E-state index >= 15 is 0 Å². The summed E-state index contributed by atoms with van der Waals surface area (Å²) in [6, 6.07) is 2.53. The first-order valence-corrected chi connectivity index (χ1v) is 15.1. The normalized spacial score (nSPS) is 16.2. The van der Waals surface area contributed by atoms with Gasteiger partial charge in [0.15, 0.2) is 5.78 Å². The predicted molar refractivity (Wildman–Crippen MR) is 150 cm³/mol. The van der Waals surface area contributed by atoms with Crippen LogP contribution in [0.3, 0.4) is 0 Å². The topological polar surface area (TPSA) is 49.4 Å². The Hall–Kier alpha value is -1.32. The molecule has 1 aliphatic rings. The van der Waals surface area contributed by atoms with Crippen molar-refractivity contribution in [2.75, 3.05) is 17.4 Å². The molecule has 1 saturated carbocycles. The maximum Gasteiger partial charge on any atom is 0.219 e. The fourth-order valence-corrected chi connectivity index (χ4v) is 6.23. The highest BCUT2D eigenvalue weighted by Crippen LogP contribution is 2.47. The third-order valence-electron chi connectivity index (χ3n) is 6.68. The summed E-state index contributed by atoms with van der Waals surface area (Å²) in [5, 5.41) is 5.37. The summed E-state index contributed by atoms with van der Waals surface area (Å²) in [6.07, 6.45) is 20.3. The second kappa shape index (κ2) is 17.2. The molecule has 1 aliphatic carbocycles. The summed E-state index contributed by atoms with van der Waals surface area (Å²) in [5.41, 5.74) is 1.08. The number of amides is 1. The van der Waals surface area contributed by atoms with Crippen LogP contribution in [0.25, 0.3) is 0 Å². The van der Waals surface area contributed by atoms with Crippen molar-refractivity contribution in [2.24, 2.45) is 11.3 Å². The lowest BCUT2D eigenvalue weighted by Crippen LogP contribution is -2.39. The van der Waals surface area contributed by atoms with Gasteiger partial charge in [-0.05, 0) is 48.8 Å². The Morgan fingerprint density at radius 2 is 2.00 bits per heavy atom. The molecule has 1 amide bonds. The molecule has 1 atom stereocenters. The van der Waals surface area contributed by atoms with Gasteiger partial charge >= 0.3 is 0 Å². The Bertz CT molecular complexity index is 715. The van der Waals surface area contributed by atoms with Gasteiger partial charge in [-0.3, -0.25) is 9.59 Å². The van der Waals surface area contributed by atoms with Crippen LogP contribution in [-0.4, -0.2) is 40.0 Å². The number of rotatable bonds is 18. The molecule has 0 spiro atoms. The molecule has 0 saturated heterocycles. The summed E-state index contributed by atoms with van der Waals surface area (Å²) >= 11 is 3.34. The Balaban J connectivity index is 2.52. The molecule has 34 heavy (non-hydrogen) atoms. The van der Waals surface area contributed by atoms with Crippen LogP contribution in [0.1, 0.15) is 92.4 Å². The quantitative estimate of drug-likeness (QED) is 0.0542. The monoisotopic (exact) mass is 506 g/mol. The number of hydrogen-bond donors (Lipinski definition) is 1. The molecule has 0 radical (unpaired) electrons. The Morgan fingerprint density at radius 3 is 2.53 bits per heavy atom. The van der Waals surface area contributed by atoms with E-state index in [4.69, 9.17) is 6.42 Å². The highest BCUT2D eigenvalue weighted by molar-refractivity contribution is 8.17. The average molecular weight is 507 g/mol. The van der Waals surface area contributed by atoms with Gasteiger partial charge in [-0.15, -0.1) is 23.5 Å². The number of terminal acetylenes is 1. The minimum absolute atomic E-state index is 0.0459. The lowest BCUT2D eigenvalue weighted by atomic mass is 9.64. The number of nitrogens with one attached hydrogen (secondary N) is 1. The van der Waals surface area contributed by atoms with E-state index in [9.17, 15) is 9.59 Å². The number of allylic oxidation sites excluding steroid dienone is 2. The zero-order valence-electron chi connectivity index (χ0n) is 22.0. The van der Waals surface area contributed by atoms with E-state index in [-0.39, 0.29) is 17.7 Å². The molecule has 1 rings (SSSR count). The van der Waals surface area contributed by atoms with E-state index < -0.39 is 0 Å². The van der Waals surface area contributed by atoms with Crippen LogP contribution in [0.4, 0.5) is 0 Å². The Kier molecular flexibility index (Phi) is 15.5. The van der Waals surface area contributed by atoms with Crippen molar-refractivity contribution in [3.63, 3.8) is 0 Å². The fraction of sp³-hybridized carbons (Fsp3) is 0.714. The molecule has 6 heteroatoms. The highest BCUT2D eigenvalue weighted by Gasteiger charge is 2.33. The Morgan fingerprint density at radius 1 is 1.26 bits per heavy atom. The van der Waals surface area contributed by atoms with Gasteiger partial charge in [0.05, 0.1) is 5.70 Å². The van der Waals surface area contributed by atoms with Gasteiger partial charge in [0.2, 0.25) is 5.91 Å². The van der Waals surface area contributed by atoms with Crippen LogP contribution in [-0.2, 0) is 9.59 Å². The van der Waals surface area contributed by atoms with Crippen molar-refractivity contribution in [2.45, 2.75) is 98.4 Å². The van der Waals surface area contributed by atoms with E-state index in [2.05, 4.69) is 37.4 Å². The van der Waals surface area contributed by atoms with Gasteiger partial charge in [-0.2, -0.15) is 0 Å². The first-order chi connectivity index (χ1) is 16.3. The maximum absolute atomic E-state index is 12.4. The number of thioether (sulfide) groups is 2. The summed E-state index contributed by atoms with van der Waals surface area (Å²) in [4.78, 5) is 26.7. The molecule has 1 fully saturated rings. The van der Waals surface area contributed by atoms with E-state index in [0.29, 0.717) is 23.5 Å². The maximum atomic E-state index is 12.4. The van der Waals surface area contributed by atoms with Gasteiger partial charge in [0, 0.05) is 42.8 Å². The molecule has 0 aromatic rings. The summed E-state index contributed by atoms with van der Waals surface area (Å²) in [6.45, 7) is 11.0.